The molecular formula is C27H21BrN2O4S. The van der Waals surface area contributed by atoms with Crippen LogP contribution < -0.4 is 14.9 Å². The summed E-state index contributed by atoms with van der Waals surface area (Å²) in [6.07, 6.45) is 2.26. The summed E-state index contributed by atoms with van der Waals surface area (Å²) in [7, 11) is 1.34. The van der Waals surface area contributed by atoms with Crippen LogP contribution in [0, 0.1) is 0 Å². The Morgan fingerprint density at radius 2 is 1.97 bits per heavy atom. The molecule has 0 aliphatic carbocycles. The van der Waals surface area contributed by atoms with E-state index in [1.165, 1.54) is 18.4 Å². The van der Waals surface area contributed by atoms with E-state index >= 15 is 0 Å². The van der Waals surface area contributed by atoms with E-state index < -0.39 is 12.0 Å². The van der Waals surface area contributed by atoms with Gasteiger partial charge >= 0.3 is 5.97 Å². The quantitative estimate of drug-likeness (QED) is 0.335. The average molecular weight is 549 g/mol. The summed E-state index contributed by atoms with van der Waals surface area (Å²) in [6.45, 7) is 1.94. The molecule has 4 aromatic rings. The van der Waals surface area contributed by atoms with Crippen LogP contribution in [0.2, 0.25) is 0 Å². The number of carbonyl (C=O) groups is 1. The summed E-state index contributed by atoms with van der Waals surface area (Å²) in [5.74, 6) is 0.775. The molecule has 0 saturated heterocycles. The SMILES string of the molecule is CCC1=C(C(=O)OC)[C@@H](c2ccccc2)n2c(s/c(=C/c3ccc(-c4cccc(Br)c4)o3)c2=O)=N1. The van der Waals surface area contributed by atoms with Crippen LogP contribution in [-0.2, 0) is 9.53 Å². The number of aromatic nitrogens is 1. The number of methoxy groups -OCH3 is 1. The van der Waals surface area contributed by atoms with Crippen LogP contribution in [0.1, 0.15) is 30.7 Å². The van der Waals surface area contributed by atoms with E-state index in [0.717, 1.165) is 15.6 Å². The highest BCUT2D eigenvalue weighted by atomic mass is 79.9. The van der Waals surface area contributed by atoms with Gasteiger partial charge in [0.05, 0.1) is 29.0 Å². The minimum Gasteiger partial charge on any atom is -0.466 e. The van der Waals surface area contributed by atoms with Gasteiger partial charge < -0.3 is 9.15 Å². The Bertz CT molecular complexity index is 1630. The molecule has 2 aromatic heterocycles. The second-order valence-electron chi connectivity index (χ2n) is 7.91. The summed E-state index contributed by atoms with van der Waals surface area (Å²) >= 11 is 4.76. The predicted octanol–water partition coefficient (Wildman–Crippen LogP) is 4.82. The molecule has 1 atom stereocenters. The Hall–Kier alpha value is -3.49. The van der Waals surface area contributed by atoms with Crippen molar-refractivity contribution in [3.05, 3.63) is 113 Å². The Labute approximate surface area is 213 Å². The molecule has 0 N–H and O–H groups in total. The number of furan rings is 1. The van der Waals surface area contributed by atoms with Crippen molar-refractivity contribution in [2.75, 3.05) is 7.11 Å². The van der Waals surface area contributed by atoms with E-state index in [1.807, 2.05) is 73.7 Å². The van der Waals surface area contributed by atoms with Gasteiger partial charge in [-0.15, -0.1) is 0 Å². The minimum absolute atomic E-state index is 0.237. The second-order valence-corrected chi connectivity index (χ2v) is 9.84. The van der Waals surface area contributed by atoms with Crippen molar-refractivity contribution in [1.82, 2.24) is 4.57 Å². The van der Waals surface area contributed by atoms with E-state index in [9.17, 15) is 9.59 Å². The molecule has 2 aromatic carbocycles. The van der Waals surface area contributed by atoms with Gasteiger partial charge in [-0.1, -0.05) is 76.7 Å². The first kappa shape index (κ1) is 23.3. The monoisotopic (exact) mass is 548 g/mol. The summed E-state index contributed by atoms with van der Waals surface area (Å²) in [4.78, 5) is 31.7. The fourth-order valence-electron chi connectivity index (χ4n) is 4.17. The maximum atomic E-state index is 13.6. The number of rotatable bonds is 5. The number of hydrogen-bond donors (Lipinski definition) is 0. The van der Waals surface area contributed by atoms with Crippen LogP contribution in [0.15, 0.2) is 96.7 Å². The highest BCUT2D eigenvalue weighted by molar-refractivity contribution is 9.10. The van der Waals surface area contributed by atoms with Crippen LogP contribution in [0.25, 0.3) is 17.4 Å². The highest BCUT2D eigenvalue weighted by Crippen LogP contribution is 2.31. The smallest absolute Gasteiger partial charge is 0.338 e. The van der Waals surface area contributed by atoms with Crippen molar-refractivity contribution in [3.63, 3.8) is 0 Å². The van der Waals surface area contributed by atoms with Gasteiger partial charge in [0.2, 0.25) is 0 Å². The van der Waals surface area contributed by atoms with E-state index in [2.05, 4.69) is 20.9 Å². The third-order valence-electron chi connectivity index (χ3n) is 5.77. The molecule has 35 heavy (non-hydrogen) atoms. The molecule has 0 unspecified atom stereocenters. The molecule has 0 radical (unpaired) electrons. The first-order valence-corrected chi connectivity index (χ1v) is 12.6. The van der Waals surface area contributed by atoms with Gasteiger partial charge in [-0.2, -0.15) is 0 Å². The van der Waals surface area contributed by atoms with Crippen LogP contribution >= 0.6 is 27.3 Å². The number of benzene rings is 2. The molecular weight excluding hydrogens is 528 g/mol. The van der Waals surface area contributed by atoms with Gasteiger partial charge in [-0.05, 0) is 36.2 Å². The third-order valence-corrected chi connectivity index (χ3v) is 7.25. The number of nitrogens with zero attached hydrogens (tertiary/aromatic N) is 2. The molecule has 3 heterocycles. The molecule has 5 rings (SSSR count). The Morgan fingerprint density at radius 3 is 2.69 bits per heavy atom. The third kappa shape index (κ3) is 4.35. The molecule has 6 nitrogen and oxygen atoms in total. The lowest BCUT2D eigenvalue weighted by atomic mass is 9.95. The van der Waals surface area contributed by atoms with Gasteiger partial charge in [-0.25, -0.2) is 9.79 Å². The average Bonchev–Trinajstić information content (AvgIpc) is 3.47. The molecule has 0 bridgehead atoms. The summed E-state index contributed by atoms with van der Waals surface area (Å²) in [5, 5.41) is 0. The molecule has 176 valence electrons. The van der Waals surface area contributed by atoms with Crippen LogP contribution in [0.5, 0.6) is 0 Å². The molecule has 0 saturated carbocycles. The predicted molar refractivity (Wildman–Crippen MR) is 139 cm³/mol. The van der Waals surface area contributed by atoms with E-state index in [4.69, 9.17) is 9.15 Å². The normalized spacial score (nSPS) is 15.6. The highest BCUT2D eigenvalue weighted by Gasteiger charge is 2.33. The zero-order chi connectivity index (χ0) is 24.5. The fraction of sp³-hybridized carbons (Fsp3) is 0.148. The van der Waals surface area contributed by atoms with Gasteiger partial charge in [0, 0.05) is 16.1 Å². The van der Waals surface area contributed by atoms with E-state index in [-0.39, 0.29) is 5.56 Å². The summed E-state index contributed by atoms with van der Waals surface area (Å²) < 4.78 is 14.1. The minimum atomic E-state index is -0.620. The number of thiazole rings is 1. The Balaban J connectivity index is 1.66. The van der Waals surface area contributed by atoms with Crippen LogP contribution in [0.4, 0.5) is 0 Å². The maximum Gasteiger partial charge on any atom is 0.338 e. The summed E-state index contributed by atoms with van der Waals surface area (Å²) in [6, 6.07) is 20.4. The van der Waals surface area contributed by atoms with E-state index in [0.29, 0.717) is 38.5 Å². The number of hydrogen-bond acceptors (Lipinski definition) is 6. The number of allylic oxidation sites excluding steroid dienone is 1. The number of fused-ring (bicyclic) bond motifs is 1. The standard InChI is InChI=1S/C27H21BrN2O4S/c1-3-20-23(26(32)33-2)24(16-8-5-4-6-9-16)30-25(31)22(35-27(30)29-20)15-19-12-13-21(34-19)17-10-7-11-18(28)14-17/h4-15,24H,3H2,1-2H3/b22-15+/t24-/m1/s1. The van der Waals surface area contributed by atoms with Gasteiger partial charge in [-0.3, -0.25) is 9.36 Å². The number of esters is 1. The second kappa shape index (κ2) is 9.64. The molecule has 1 aliphatic heterocycles. The fourth-order valence-corrected chi connectivity index (χ4v) is 5.57. The molecule has 0 spiro atoms. The molecule has 0 fully saturated rings. The van der Waals surface area contributed by atoms with E-state index in [1.54, 1.807) is 10.6 Å². The lowest BCUT2D eigenvalue weighted by Gasteiger charge is -2.25. The van der Waals surface area contributed by atoms with Gasteiger partial charge in [0.15, 0.2) is 4.80 Å². The number of carbonyl (C=O) groups excluding carboxylic acids is 1. The van der Waals surface area contributed by atoms with Crippen LogP contribution in [0.3, 0.4) is 0 Å². The van der Waals surface area contributed by atoms with Crippen molar-refractivity contribution in [1.29, 1.82) is 0 Å². The number of halogens is 1. The molecule has 1 aliphatic rings. The number of ether oxygens (including phenoxy) is 1. The molecule has 8 heteroatoms. The largest absolute Gasteiger partial charge is 0.466 e. The Kier molecular flexibility index (Phi) is 6.40. The summed E-state index contributed by atoms with van der Waals surface area (Å²) in [5.41, 5.74) is 2.51. The topological polar surface area (TPSA) is 73.8 Å². The van der Waals surface area contributed by atoms with Gasteiger partial charge in [0.1, 0.15) is 11.5 Å². The first-order chi connectivity index (χ1) is 17.0. The van der Waals surface area contributed by atoms with Crippen molar-refractivity contribution < 1.29 is 13.9 Å². The van der Waals surface area contributed by atoms with Crippen molar-refractivity contribution in [3.8, 4) is 11.3 Å². The van der Waals surface area contributed by atoms with Crippen LogP contribution in [-0.4, -0.2) is 17.6 Å². The lowest BCUT2D eigenvalue weighted by molar-refractivity contribution is -0.136. The van der Waals surface area contributed by atoms with Crippen molar-refractivity contribution >= 4 is 39.3 Å². The van der Waals surface area contributed by atoms with Gasteiger partial charge in [0.25, 0.3) is 5.56 Å². The lowest BCUT2D eigenvalue weighted by Crippen LogP contribution is -2.40. The maximum absolute atomic E-state index is 13.6. The zero-order valence-electron chi connectivity index (χ0n) is 19.0. The Morgan fingerprint density at radius 1 is 1.17 bits per heavy atom. The van der Waals surface area contributed by atoms with Crippen molar-refractivity contribution in [2.24, 2.45) is 4.99 Å². The first-order valence-electron chi connectivity index (χ1n) is 11.0. The zero-order valence-corrected chi connectivity index (χ0v) is 21.4. The molecule has 0 amide bonds. The van der Waals surface area contributed by atoms with Crippen molar-refractivity contribution in [2.45, 2.75) is 19.4 Å².